The molecule has 8 heteroatoms. The summed E-state index contributed by atoms with van der Waals surface area (Å²) in [5, 5.41) is 4.84. The molecule has 0 unspecified atom stereocenters. The molecular formula is C11H10F3N3S2. The third-order valence-electron chi connectivity index (χ3n) is 2.09. The summed E-state index contributed by atoms with van der Waals surface area (Å²) < 4.78 is 39.0. The van der Waals surface area contributed by atoms with E-state index >= 15 is 0 Å². The molecule has 0 aliphatic carbocycles. The second kappa shape index (κ2) is 5.79. The minimum atomic E-state index is -4.38. The lowest BCUT2D eigenvalue weighted by molar-refractivity contribution is -0.137. The first-order valence-electron chi connectivity index (χ1n) is 5.39. The minimum absolute atomic E-state index is 0.219. The standard InChI is InChI=1S/C11H10F3N3S2/c1-2-15-8-5-7(11(12,13)14)6-9(17-8)19-10-16-3-4-18-10/h3-6H,2H2,1H3,(H,15,17). The van der Waals surface area contributed by atoms with Gasteiger partial charge < -0.3 is 5.32 Å². The Labute approximate surface area is 116 Å². The third kappa shape index (κ3) is 3.84. The van der Waals surface area contributed by atoms with Gasteiger partial charge in [0.05, 0.1) is 5.56 Å². The molecule has 102 valence electrons. The van der Waals surface area contributed by atoms with Crippen LogP contribution in [0.4, 0.5) is 19.0 Å². The average molecular weight is 305 g/mol. The van der Waals surface area contributed by atoms with Crippen molar-refractivity contribution >= 4 is 28.9 Å². The van der Waals surface area contributed by atoms with Gasteiger partial charge in [-0.05, 0) is 30.8 Å². The van der Waals surface area contributed by atoms with Gasteiger partial charge in [0, 0.05) is 18.1 Å². The Morgan fingerprint density at radius 2 is 2.16 bits per heavy atom. The van der Waals surface area contributed by atoms with Crippen LogP contribution in [0.15, 0.2) is 33.1 Å². The summed E-state index contributed by atoms with van der Waals surface area (Å²) in [5.41, 5.74) is -0.711. The molecule has 0 atom stereocenters. The van der Waals surface area contributed by atoms with E-state index in [1.165, 1.54) is 11.3 Å². The number of nitrogens with zero attached hydrogens (tertiary/aromatic N) is 2. The zero-order valence-corrected chi connectivity index (χ0v) is 11.5. The van der Waals surface area contributed by atoms with Gasteiger partial charge in [0.2, 0.25) is 0 Å². The van der Waals surface area contributed by atoms with Gasteiger partial charge in [-0.3, -0.25) is 0 Å². The quantitative estimate of drug-likeness (QED) is 0.921. The SMILES string of the molecule is CCNc1cc(C(F)(F)F)cc(Sc2nccs2)n1. The Kier molecular flexibility index (Phi) is 4.31. The van der Waals surface area contributed by atoms with Crippen LogP contribution in [0.5, 0.6) is 0 Å². The molecular weight excluding hydrogens is 295 g/mol. The Balaban J connectivity index is 2.34. The number of aromatic nitrogens is 2. The van der Waals surface area contributed by atoms with Crippen molar-refractivity contribution in [3.63, 3.8) is 0 Å². The number of hydrogen-bond donors (Lipinski definition) is 1. The molecule has 0 radical (unpaired) electrons. The number of thiazole rings is 1. The number of anilines is 1. The smallest absolute Gasteiger partial charge is 0.370 e. The molecule has 0 aliphatic rings. The maximum absolute atomic E-state index is 12.8. The summed E-state index contributed by atoms with van der Waals surface area (Å²) in [5.74, 6) is 0.219. The molecule has 2 aromatic heterocycles. The molecule has 0 amide bonds. The summed E-state index contributed by atoms with van der Waals surface area (Å²) in [6, 6.07) is 2.04. The van der Waals surface area contributed by atoms with E-state index in [-0.39, 0.29) is 10.8 Å². The first kappa shape index (κ1) is 14.1. The van der Waals surface area contributed by atoms with Gasteiger partial charge in [-0.1, -0.05) is 0 Å². The van der Waals surface area contributed by atoms with E-state index in [1.807, 2.05) is 0 Å². The van der Waals surface area contributed by atoms with Crippen molar-refractivity contribution in [1.82, 2.24) is 9.97 Å². The van der Waals surface area contributed by atoms with Crippen molar-refractivity contribution < 1.29 is 13.2 Å². The number of hydrogen-bond acceptors (Lipinski definition) is 5. The molecule has 0 aromatic carbocycles. The first-order chi connectivity index (χ1) is 8.99. The van der Waals surface area contributed by atoms with Crippen molar-refractivity contribution in [3.8, 4) is 0 Å². The molecule has 2 aromatic rings. The minimum Gasteiger partial charge on any atom is -0.370 e. The van der Waals surface area contributed by atoms with Crippen LogP contribution in [-0.2, 0) is 6.18 Å². The summed E-state index contributed by atoms with van der Waals surface area (Å²) >= 11 is 2.48. The molecule has 1 N–H and O–H groups in total. The van der Waals surface area contributed by atoms with Crippen molar-refractivity contribution in [2.45, 2.75) is 22.5 Å². The van der Waals surface area contributed by atoms with Gasteiger partial charge in [0.25, 0.3) is 0 Å². The van der Waals surface area contributed by atoms with Crippen LogP contribution < -0.4 is 5.32 Å². The number of nitrogens with one attached hydrogen (secondary N) is 1. The van der Waals surface area contributed by atoms with Crippen LogP contribution in [0.2, 0.25) is 0 Å². The predicted octanol–water partition coefficient (Wildman–Crippen LogP) is 4.14. The van der Waals surface area contributed by atoms with Crippen molar-refractivity contribution in [2.24, 2.45) is 0 Å². The number of alkyl halides is 3. The monoisotopic (exact) mass is 305 g/mol. The van der Waals surface area contributed by atoms with E-state index in [4.69, 9.17) is 0 Å². The fourth-order valence-corrected chi connectivity index (χ4v) is 2.94. The van der Waals surface area contributed by atoms with Crippen LogP contribution in [-0.4, -0.2) is 16.5 Å². The lowest BCUT2D eigenvalue weighted by atomic mass is 10.2. The maximum Gasteiger partial charge on any atom is 0.416 e. The van der Waals surface area contributed by atoms with E-state index < -0.39 is 11.7 Å². The van der Waals surface area contributed by atoms with E-state index in [2.05, 4.69) is 15.3 Å². The van der Waals surface area contributed by atoms with Gasteiger partial charge in [-0.25, -0.2) is 9.97 Å². The highest BCUT2D eigenvalue weighted by atomic mass is 32.2. The highest BCUT2D eigenvalue weighted by molar-refractivity contribution is 8.01. The maximum atomic E-state index is 12.8. The summed E-state index contributed by atoms with van der Waals surface area (Å²) in [7, 11) is 0. The van der Waals surface area contributed by atoms with E-state index in [1.54, 1.807) is 18.5 Å². The molecule has 2 heterocycles. The van der Waals surface area contributed by atoms with Crippen molar-refractivity contribution in [1.29, 1.82) is 0 Å². The van der Waals surface area contributed by atoms with Gasteiger partial charge in [0.1, 0.15) is 10.8 Å². The molecule has 0 spiro atoms. The highest BCUT2D eigenvalue weighted by Gasteiger charge is 2.31. The Morgan fingerprint density at radius 1 is 1.37 bits per heavy atom. The van der Waals surface area contributed by atoms with E-state index in [9.17, 15) is 13.2 Å². The molecule has 0 saturated heterocycles. The molecule has 3 nitrogen and oxygen atoms in total. The lowest BCUT2D eigenvalue weighted by Crippen LogP contribution is -2.08. The molecule has 0 aliphatic heterocycles. The average Bonchev–Trinajstić information content (AvgIpc) is 2.81. The van der Waals surface area contributed by atoms with Crippen molar-refractivity contribution in [2.75, 3.05) is 11.9 Å². The zero-order chi connectivity index (χ0) is 13.9. The second-order valence-electron chi connectivity index (χ2n) is 3.51. The van der Waals surface area contributed by atoms with Crippen LogP contribution >= 0.6 is 23.1 Å². The number of pyridine rings is 1. The van der Waals surface area contributed by atoms with Crippen LogP contribution in [0.25, 0.3) is 0 Å². The van der Waals surface area contributed by atoms with Crippen molar-refractivity contribution in [3.05, 3.63) is 29.3 Å². The second-order valence-corrected chi connectivity index (χ2v) is 5.67. The molecule has 0 bridgehead atoms. The van der Waals surface area contributed by atoms with E-state index in [0.717, 1.165) is 23.9 Å². The van der Waals surface area contributed by atoms with E-state index in [0.29, 0.717) is 10.9 Å². The van der Waals surface area contributed by atoms with Crippen LogP contribution in [0, 0.1) is 0 Å². The molecule has 0 fully saturated rings. The fourth-order valence-electron chi connectivity index (χ4n) is 1.34. The van der Waals surface area contributed by atoms with Gasteiger partial charge >= 0.3 is 6.18 Å². The largest absolute Gasteiger partial charge is 0.416 e. The zero-order valence-electron chi connectivity index (χ0n) is 9.86. The number of halogens is 3. The fraction of sp³-hybridized carbons (Fsp3) is 0.273. The molecule has 19 heavy (non-hydrogen) atoms. The molecule has 2 rings (SSSR count). The topological polar surface area (TPSA) is 37.8 Å². The van der Waals surface area contributed by atoms with Crippen LogP contribution in [0.3, 0.4) is 0 Å². The van der Waals surface area contributed by atoms with Gasteiger partial charge in [0.15, 0.2) is 4.34 Å². The van der Waals surface area contributed by atoms with Gasteiger partial charge in [-0.2, -0.15) is 13.2 Å². The van der Waals surface area contributed by atoms with Gasteiger partial charge in [-0.15, -0.1) is 11.3 Å². The Bertz CT molecular complexity index is 541. The Morgan fingerprint density at radius 3 is 2.74 bits per heavy atom. The van der Waals surface area contributed by atoms with Crippen LogP contribution in [0.1, 0.15) is 12.5 Å². The summed E-state index contributed by atoms with van der Waals surface area (Å²) in [6.45, 7) is 2.31. The first-order valence-corrected chi connectivity index (χ1v) is 7.09. The molecule has 0 saturated carbocycles. The normalized spacial score (nSPS) is 11.6. The third-order valence-corrected chi connectivity index (χ3v) is 3.89. The number of rotatable bonds is 4. The lowest BCUT2D eigenvalue weighted by Gasteiger charge is -2.11. The predicted molar refractivity (Wildman–Crippen MR) is 69.6 cm³/mol. The summed E-state index contributed by atoms with van der Waals surface area (Å²) in [4.78, 5) is 8.15. The highest BCUT2D eigenvalue weighted by Crippen LogP contribution is 2.35. The summed E-state index contributed by atoms with van der Waals surface area (Å²) in [6.07, 6.45) is -2.78. The Hall–Kier alpha value is -1.28.